The number of rotatable bonds is 0. The zero-order valence-electron chi connectivity index (χ0n) is 5.68. The summed E-state index contributed by atoms with van der Waals surface area (Å²) in [5, 5.41) is 0. The highest BCUT2D eigenvalue weighted by molar-refractivity contribution is 5.81. The summed E-state index contributed by atoms with van der Waals surface area (Å²) < 4.78 is 0. The first-order chi connectivity index (χ1) is 3.70. The van der Waals surface area contributed by atoms with Gasteiger partial charge >= 0.3 is 0 Å². The predicted octanol–water partition coefficient (Wildman–Crippen LogP) is 0.739. The van der Waals surface area contributed by atoms with Crippen LogP contribution in [0.4, 0.5) is 0 Å². The Hall–Kier alpha value is -0.530. The van der Waals surface area contributed by atoms with Crippen LogP contribution < -0.4 is 0 Å². The van der Waals surface area contributed by atoms with Crippen molar-refractivity contribution in [2.75, 3.05) is 13.6 Å². The highest BCUT2D eigenvalue weighted by atomic mass is 15.2. The highest BCUT2D eigenvalue weighted by Crippen LogP contribution is 2.04. The lowest BCUT2D eigenvalue weighted by Gasteiger charge is -2.08. The molecule has 1 aliphatic rings. The molecular weight excluding hydrogens is 100 g/mol. The lowest BCUT2D eigenvalue weighted by atomic mass is 10.4. The van der Waals surface area contributed by atoms with E-state index in [0.29, 0.717) is 6.04 Å². The molecule has 0 spiro atoms. The van der Waals surface area contributed by atoms with Gasteiger partial charge in [0, 0.05) is 13.6 Å². The Kier molecular flexibility index (Phi) is 1.24. The van der Waals surface area contributed by atoms with Crippen LogP contribution in [0.25, 0.3) is 0 Å². The van der Waals surface area contributed by atoms with E-state index < -0.39 is 0 Å². The maximum absolute atomic E-state index is 4.31. The zero-order valence-corrected chi connectivity index (χ0v) is 5.68. The molecule has 1 rings (SSSR count). The molecule has 0 aromatic carbocycles. The Balaban J connectivity index is 2.59. The van der Waals surface area contributed by atoms with Crippen molar-refractivity contribution in [1.29, 1.82) is 0 Å². The zero-order chi connectivity index (χ0) is 6.15. The second-order valence-electron chi connectivity index (χ2n) is 2.41. The van der Waals surface area contributed by atoms with Crippen LogP contribution in [0.15, 0.2) is 4.99 Å². The highest BCUT2D eigenvalue weighted by Gasteiger charge is 2.12. The molecule has 0 aromatic rings. The average Bonchev–Trinajstić information content (AvgIpc) is 1.85. The number of amidine groups is 1. The average molecular weight is 112 g/mol. The normalized spacial score (nSPS) is 28.6. The molecule has 0 N–H and O–H groups in total. The molecule has 0 amide bonds. The number of likely N-dealkylation sites (N-methyl/N-ethyl adjacent to an activating group) is 1. The van der Waals surface area contributed by atoms with Crippen LogP contribution in [-0.2, 0) is 0 Å². The molecule has 1 heterocycles. The van der Waals surface area contributed by atoms with Gasteiger partial charge in [0.1, 0.15) is 0 Å². The van der Waals surface area contributed by atoms with Crippen molar-refractivity contribution >= 4 is 5.84 Å². The number of hydrogen-bond acceptors (Lipinski definition) is 2. The maximum atomic E-state index is 4.31. The van der Waals surface area contributed by atoms with E-state index >= 15 is 0 Å². The quantitative estimate of drug-likeness (QED) is 0.451. The summed E-state index contributed by atoms with van der Waals surface area (Å²) in [4.78, 5) is 6.48. The van der Waals surface area contributed by atoms with E-state index in [1.54, 1.807) is 0 Å². The van der Waals surface area contributed by atoms with Gasteiger partial charge in [-0.3, -0.25) is 4.99 Å². The smallest absolute Gasteiger partial charge is 0.0959 e. The molecule has 0 radical (unpaired) electrons. The molecule has 1 atom stereocenters. The fourth-order valence-corrected chi connectivity index (χ4v) is 0.987. The van der Waals surface area contributed by atoms with E-state index in [-0.39, 0.29) is 0 Å². The lowest BCUT2D eigenvalue weighted by molar-refractivity contribution is 0.511. The third-order valence-electron chi connectivity index (χ3n) is 1.50. The van der Waals surface area contributed by atoms with E-state index in [9.17, 15) is 0 Å². The van der Waals surface area contributed by atoms with Crippen molar-refractivity contribution in [2.45, 2.75) is 19.9 Å². The molecule has 2 heteroatoms. The van der Waals surface area contributed by atoms with Crippen molar-refractivity contribution < 1.29 is 0 Å². The molecule has 0 saturated carbocycles. The summed E-state index contributed by atoms with van der Waals surface area (Å²) in [5.41, 5.74) is 0. The van der Waals surface area contributed by atoms with Crippen LogP contribution in [-0.4, -0.2) is 30.4 Å². The first-order valence-corrected chi connectivity index (χ1v) is 2.95. The van der Waals surface area contributed by atoms with Crippen molar-refractivity contribution in [3.63, 3.8) is 0 Å². The van der Waals surface area contributed by atoms with E-state index in [0.717, 1.165) is 12.4 Å². The van der Waals surface area contributed by atoms with E-state index in [1.165, 1.54) is 0 Å². The minimum Gasteiger partial charge on any atom is -0.362 e. The monoisotopic (exact) mass is 112 g/mol. The summed E-state index contributed by atoms with van der Waals surface area (Å²) >= 11 is 0. The molecular formula is C6H12N2. The number of aliphatic imine (C=N–C) groups is 1. The summed E-state index contributed by atoms with van der Waals surface area (Å²) in [5.74, 6) is 1.16. The molecule has 8 heavy (non-hydrogen) atoms. The minimum absolute atomic E-state index is 0.514. The van der Waals surface area contributed by atoms with Gasteiger partial charge in [0.05, 0.1) is 11.9 Å². The summed E-state index contributed by atoms with van der Waals surface area (Å²) in [6.07, 6.45) is 0. The fraction of sp³-hybridized carbons (Fsp3) is 0.833. The van der Waals surface area contributed by atoms with Gasteiger partial charge in [-0.05, 0) is 13.8 Å². The molecule has 0 aliphatic carbocycles. The van der Waals surface area contributed by atoms with Crippen molar-refractivity contribution in [2.24, 2.45) is 4.99 Å². The molecule has 0 bridgehead atoms. The van der Waals surface area contributed by atoms with Gasteiger partial charge in [0.2, 0.25) is 0 Å². The van der Waals surface area contributed by atoms with Crippen molar-refractivity contribution in [3.8, 4) is 0 Å². The Morgan fingerprint density at radius 1 is 1.75 bits per heavy atom. The van der Waals surface area contributed by atoms with Gasteiger partial charge in [-0.25, -0.2) is 0 Å². The number of nitrogens with zero attached hydrogens (tertiary/aromatic N) is 2. The maximum Gasteiger partial charge on any atom is 0.0959 e. The second kappa shape index (κ2) is 1.77. The summed E-state index contributed by atoms with van der Waals surface area (Å²) in [7, 11) is 2.07. The molecule has 1 unspecified atom stereocenters. The van der Waals surface area contributed by atoms with E-state index in [4.69, 9.17) is 0 Å². The molecule has 46 valence electrons. The largest absolute Gasteiger partial charge is 0.362 e. The fourth-order valence-electron chi connectivity index (χ4n) is 0.987. The van der Waals surface area contributed by atoms with Gasteiger partial charge in [0.15, 0.2) is 0 Å². The van der Waals surface area contributed by atoms with Gasteiger partial charge in [-0.15, -0.1) is 0 Å². The van der Waals surface area contributed by atoms with E-state index in [1.807, 2.05) is 6.92 Å². The van der Waals surface area contributed by atoms with Crippen molar-refractivity contribution in [3.05, 3.63) is 0 Å². The van der Waals surface area contributed by atoms with Crippen LogP contribution in [0.1, 0.15) is 13.8 Å². The van der Waals surface area contributed by atoms with Gasteiger partial charge in [0.25, 0.3) is 0 Å². The third kappa shape index (κ3) is 0.831. The van der Waals surface area contributed by atoms with Gasteiger partial charge < -0.3 is 4.90 Å². The summed E-state index contributed by atoms with van der Waals surface area (Å²) in [6.45, 7) is 5.27. The summed E-state index contributed by atoms with van der Waals surface area (Å²) in [6, 6.07) is 0.514. The lowest BCUT2D eigenvalue weighted by Crippen LogP contribution is -2.21. The van der Waals surface area contributed by atoms with E-state index in [2.05, 4.69) is 23.9 Å². The Labute approximate surface area is 50.2 Å². The topological polar surface area (TPSA) is 15.6 Å². The minimum atomic E-state index is 0.514. The first-order valence-electron chi connectivity index (χ1n) is 2.95. The number of hydrogen-bond donors (Lipinski definition) is 0. The SMILES string of the molecule is CC1=NC(C)CN1C. The predicted molar refractivity (Wildman–Crippen MR) is 35.2 cm³/mol. The molecule has 2 nitrogen and oxygen atoms in total. The molecule has 0 saturated heterocycles. The second-order valence-corrected chi connectivity index (χ2v) is 2.41. The van der Waals surface area contributed by atoms with Crippen LogP contribution in [0.5, 0.6) is 0 Å². The standard InChI is InChI=1S/C6H12N2/c1-5-4-8(3)6(2)7-5/h5H,4H2,1-3H3. The molecule has 1 aliphatic heterocycles. The Morgan fingerprint density at radius 3 is 2.50 bits per heavy atom. The Bertz CT molecular complexity index is 118. The van der Waals surface area contributed by atoms with Crippen LogP contribution in [0.2, 0.25) is 0 Å². The van der Waals surface area contributed by atoms with Crippen molar-refractivity contribution in [1.82, 2.24) is 4.90 Å². The molecule has 0 fully saturated rings. The van der Waals surface area contributed by atoms with Gasteiger partial charge in [-0.1, -0.05) is 0 Å². The Morgan fingerprint density at radius 2 is 2.38 bits per heavy atom. The van der Waals surface area contributed by atoms with Crippen LogP contribution in [0.3, 0.4) is 0 Å². The third-order valence-corrected chi connectivity index (χ3v) is 1.50. The van der Waals surface area contributed by atoms with Crippen LogP contribution >= 0.6 is 0 Å². The van der Waals surface area contributed by atoms with Gasteiger partial charge in [-0.2, -0.15) is 0 Å². The first kappa shape index (κ1) is 5.60. The molecule has 0 aromatic heterocycles. The van der Waals surface area contributed by atoms with Crippen LogP contribution in [0, 0.1) is 0 Å².